The number of aliphatic hydroxyl groups is 3. The van der Waals surface area contributed by atoms with Gasteiger partial charge in [0.25, 0.3) is 0 Å². The van der Waals surface area contributed by atoms with Crippen molar-refractivity contribution in [2.45, 2.75) is 37.6 Å². The van der Waals surface area contributed by atoms with Crippen LogP contribution in [0.2, 0.25) is 0 Å². The van der Waals surface area contributed by atoms with Crippen LogP contribution in [-0.4, -0.2) is 58.5 Å². The zero-order valence-electron chi connectivity index (χ0n) is 9.00. The van der Waals surface area contributed by atoms with E-state index in [9.17, 15) is 20.1 Å². The molecule has 0 radical (unpaired) electrons. The predicted octanol–water partition coefficient (Wildman–Crippen LogP) is -1.33. The zero-order valence-corrected chi connectivity index (χ0v) is 9.00. The molecule has 1 aliphatic heterocycles. The van der Waals surface area contributed by atoms with Gasteiger partial charge < -0.3 is 24.8 Å². The molecule has 1 rings (SSSR count). The summed E-state index contributed by atoms with van der Waals surface area (Å²) in [6.07, 6.45) is -6.91. The van der Waals surface area contributed by atoms with E-state index in [4.69, 9.17) is 10.3 Å². The van der Waals surface area contributed by atoms with E-state index < -0.39 is 36.6 Å². The molecule has 1 aliphatic rings. The summed E-state index contributed by atoms with van der Waals surface area (Å²) in [4.78, 5) is 13.0. The first-order chi connectivity index (χ1) is 7.97. The van der Waals surface area contributed by atoms with Gasteiger partial charge in [-0.15, -0.1) is 0 Å². The second kappa shape index (κ2) is 5.80. The van der Waals surface area contributed by atoms with Gasteiger partial charge in [0.2, 0.25) is 0 Å². The van der Waals surface area contributed by atoms with Crippen LogP contribution in [0.15, 0.2) is 5.11 Å². The van der Waals surface area contributed by atoms with Crippen molar-refractivity contribution in [1.29, 1.82) is 0 Å². The average molecular weight is 247 g/mol. The number of azide groups is 1. The molecule has 1 fully saturated rings. The molecule has 9 nitrogen and oxygen atoms in total. The van der Waals surface area contributed by atoms with E-state index >= 15 is 0 Å². The number of hydrogen-bond donors (Lipinski definition) is 3. The third-order valence-corrected chi connectivity index (χ3v) is 2.30. The molecule has 5 atom stereocenters. The first-order valence-corrected chi connectivity index (χ1v) is 4.84. The quantitative estimate of drug-likeness (QED) is 0.244. The molecule has 0 unspecified atom stereocenters. The molecule has 0 bridgehead atoms. The summed E-state index contributed by atoms with van der Waals surface area (Å²) in [6, 6.07) is 0. The predicted molar refractivity (Wildman–Crippen MR) is 52.5 cm³/mol. The van der Waals surface area contributed by atoms with Crippen LogP contribution in [0.3, 0.4) is 0 Å². The molecule has 1 heterocycles. The molecule has 0 spiro atoms. The van der Waals surface area contributed by atoms with Crippen LogP contribution in [0.1, 0.15) is 6.92 Å². The Morgan fingerprint density at radius 3 is 2.59 bits per heavy atom. The van der Waals surface area contributed by atoms with Gasteiger partial charge in [-0.2, -0.15) is 0 Å². The smallest absolute Gasteiger partial charge is 0.302 e. The van der Waals surface area contributed by atoms with Crippen molar-refractivity contribution in [3.8, 4) is 0 Å². The summed E-state index contributed by atoms with van der Waals surface area (Å²) in [7, 11) is 0. The van der Waals surface area contributed by atoms with Crippen LogP contribution >= 0.6 is 0 Å². The van der Waals surface area contributed by atoms with Crippen molar-refractivity contribution in [1.82, 2.24) is 0 Å². The molecule has 0 saturated carbocycles. The zero-order chi connectivity index (χ0) is 13.0. The lowest BCUT2D eigenvalue weighted by molar-refractivity contribution is -0.229. The summed E-state index contributed by atoms with van der Waals surface area (Å²) in [6.45, 7) is 0.864. The fourth-order valence-electron chi connectivity index (χ4n) is 1.41. The molecule has 1 saturated heterocycles. The minimum Gasteiger partial charge on any atom is -0.463 e. The Balaban J connectivity index is 2.70. The highest BCUT2D eigenvalue weighted by Gasteiger charge is 2.43. The second-order valence-electron chi connectivity index (χ2n) is 3.54. The molecule has 0 aromatic carbocycles. The van der Waals surface area contributed by atoms with E-state index in [2.05, 4.69) is 14.8 Å². The van der Waals surface area contributed by atoms with Crippen LogP contribution < -0.4 is 0 Å². The summed E-state index contributed by atoms with van der Waals surface area (Å²) in [5, 5.41) is 31.6. The highest BCUT2D eigenvalue weighted by Crippen LogP contribution is 2.22. The summed E-state index contributed by atoms with van der Waals surface area (Å²) in [5.41, 5.74) is 8.23. The van der Waals surface area contributed by atoms with E-state index in [1.807, 2.05) is 0 Å². The van der Waals surface area contributed by atoms with Crippen LogP contribution in [0.25, 0.3) is 10.4 Å². The SMILES string of the molecule is CC(=O)OC[C@@H]1O[C@H](N=[N+]=[N-])[C@H](O)[C@@H](O)[C@H]1O. The lowest BCUT2D eigenvalue weighted by Crippen LogP contribution is -2.58. The number of esters is 1. The lowest BCUT2D eigenvalue weighted by atomic mass is 9.99. The van der Waals surface area contributed by atoms with E-state index in [0.29, 0.717) is 0 Å². The highest BCUT2D eigenvalue weighted by atomic mass is 16.6. The second-order valence-corrected chi connectivity index (χ2v) is 3.54. The molecular weight excluding hydrogens is 234 g/mol. The molecule has 0 aromatic rings. The number of carbonyl (C=O) groups is 1. The molecule has 0 aromatic heterocycles. The largest absolute Gasteiger partial charge is 0.463 e. The number of nitrogens with zero attached hydrogens (tertiary/aromatic N) is 3. The van der Waals surface area contributed by atoms with Crippen molar-refractivity contribution >= 4 is 5.97 Å². The van der Waals surface area contributed by atoms with Crippen molar-refractivity contribution in [3.05, 3.63) is 10.4 Å². The number of carbonyl (C=O) groups excluding carboxylic acids is 1. The van der Waals surface area contributed by atoms with Crippen LogP contribution in [0.4, 0.5) is 0 Å². The minimum absolute atomic E-state index is 0.308. The standard InChI is InChI=1S/C8H13N3O6/c1-3(12)16-2-4-5(13)6(14)7(15)8(17-4)10-11-9/h4-8,13-15H,2H2,1H3/t4-,5-,6-,7+,8-/m0/s1. The number of hydrogen-bond acceptors (Lipinski definition) is 7. The molecule has 96 valence electrons. The maximum Gasteiger partial charge on any atom is 0.302 e. The molecule has 0 amide bonds. The van der Waals surface area contributed by atoms with Crippen LogP contribution in [0, 0.1) is 0 Å². The van der Waals surface area contributed by atoms with Gasteiger partial charge in [0.1, 0.15) is 31.0 Å². The van der Waals surface area contributed by atoms with Gasteiger partial charge in [-0.05, 0) is 5.53 Å². The van der Waals surface area contributed by atoms with Crippen molar-refractivity contribution in [2.24, 2.45) is 5.11 Å². The molecule has 0 aliphatic carbocycles. The Kier molecular flexibility index (Phi) is 4.67. The minimum atomic E-state index is -1.54. The Labute approximate surface area is 96.2 Å². The van der Waals surface area contributed by atoms with Crippen LogP contribution in [0.5, 0.6) is 0 Å². The monoisotopic (exact) mass is 247 g/mol. The van der Waals surface area contributed by atoms with E-state index in [-0.39, 0.29) is 6.61 Å². The van der Waals surface area contributed by atoms with Gasteiger partial charge in [-0.25, -0.2) is 0 Å². The van der Waals surface area contributed by atoms with Crippen molar-refractivity contribution in [3.63, 3.8) is 0 Å². The number of rotatable bonds is 3. The van der Waals surface area contributed by atoms with E-state index in [0.717, 1.165) is 0 Å². The van der Waals surface area contributed by atoms with Gasteiger partial charge in [-0.3, -0.25) is 4.79 Å². The van der Waals surface area contributed by atoms with Gasteiger partial charge in [0.15, 0.2) is 6.23 Å². The lowest BCUT2D eigenvalue weighted by Gasteiger charge is -2.38. The summed E-state index contributed by atoms with van der Waals surface area (Å²) >= 11 is 0. The third kappa shape index (κ3) is 3.29. The molecule has 3 N–H and O–H groups in total. The molecule has 17 heavy (non-hydrogen) atoms. The van der Waals surface area contributed by atoms with Gasteiger partial charge in [0.05, 0.1) is 0 Å². The third-order valence-electron chi connectivity index (χ3n) is 2.30. The summed E-state index contributed by atoms with van der Waals surface area (Å²) in [5.74, 6) is -0.582. The number of ether oxygens (including phenoxy) is 2. The maximum absolute atomic E-state index is 10.6. The van der Waals surface area contributed by atoms with Crippen molar-refractivity contribution in [2.75, 3.05) is 6.61 Å². The summed E-state index contributed by atoms with van der Waals surface area (Å²) < 4.78 is 9.62. The average Bonchev–Trinajstić information content (AvgIpc) is 2.28. The molecule has 9 heteroatoms. The van der Waals surface area contributed by atoms with Crippen LogP contribution in [-0.2, 0) is 14.3 Å². The normalized spacial score (nSPS) is 37.1. The Morgan fingerprint density at radius 1 is 1.41 bits per heavy atom. The Morgan fingerprint density at radius 2 is 2.06 bits per heavy atom. The highest BCUT2D eigenvalue weighted by molar-refractivity contribution is 5.65. The topological polar surface area (TPSA) is 145 Å². The fraction of sp³-hybridized carbons (Fsp3) is 0.875. The maximum atomic E-state index is 10.6. The number of aliphatic hydroxyl groups excluding tert-OH is 3. The van der Waals surface area contributed by atoms with E-state index in [1.54, 1.807) is 0 Å². The Hall–Kier alpha value is -1.38. The van der Waals surface area contributed by atoms with Gasteiger partial charge >= 0.3 is 5.97 Å². The first-order valence-electron chi connectivity index (χ1n) is 4.84. The first kappa shape index (κ1) is 13.7. The fourth-order valence-corrected chi connectivity index (χ4v) is 1.41. The van der Waals surface area contributed by atoms with Crippen molar-refractivity contribution < 1.29 is 29.6 Å². The Bertz CT molecular complexity index is 331. The van der Waals surface area contributed by atoms with Gasteiger partial charge in [-0.1, -0.05) is 5.11 Å². The molecular formula is C8H13N3O6. The van der Waals surface area contributed by atoms with E-state index in [1.165, 1.54) is 6.92 Å². The van der Waals surface area contributed by atoms with Gasteiger partial charge in [0, 0.05) is 11.8 Å².